The topological polar surface area (TPSA) is 9.23 Å². The molecule has 3 aromatic carbocycles. The Morgan fingerprint density at radius 2 is 1.76 bits per heavy atom. The number of hydrogen-bond acceptors (Lipinski definition) is 1. The van der Waals surface area contributed by atoms with E-state index in [1.54, 1.807) is 18.2 Å². The summed E-state index contributed by atoms with van der Waals surface area (Å²) >= 11 is 15.6. The zero-order valence-corrected chi connectivity index (χ0v) is 14.0. The molecule has 0 spiro atoms. The van der Waals surface area contributed by atoms with E-state index in [2.05, 4.69) is 40.2 Å². The lowest BCUT2D eigenvalue weighted by molar-refractivity contribution is 0.306. The summed E-state index contributed by atoms with van der Waals surface area (Å²) in [5.41, 5.74) is 1.07. The monoisotopic (exact) mass is 380 g/mol. The zero-order chi connectivity index (χ0) is 14.8. The minimum atomic E-state index is 0.437. The van der Waals surface area contributed by atoms with Gasteiger partial charge in [-0.3, -0.25) is 0 Å². The fraction of sp³-hybridized carbons (Fsp3) is 0.0588. The molecule has 0 amide bonds. The van der Waals surface area contributed by atoms with Crippen LogP contribution < -0.4 is 4.74 Å². The van der Waals surface area contributed by atoms with Crippen molar-refractivity contribution in [3.63, 3.8) is 0 Å². The molecule has 21 heavy (non-hydrogen) atoms. The van der Waals surface area contributed by atoms with Crippen molar-refractivity contribution < 1.29 is 4.74 Å². The van der Waals surface area contributed by atoms with Crippen molar-refractivity contribution in [2.24, 2.45) is 0 Å². The molecule has 0 aliphatic heterocycles. The van der Waals surface area contributed by atoms with Crippen LogP contribution in [0.5, 0.6) is 5.75 Å². The van der Waals surface area contributed by atoms with E-state index in [-0.39, 0.29) is 0 Å². The molecule has 0 atom stereocenters. The number of fused-ring (bicyclic) bond motifs is 1. The van der Waals surface area contributed by atoms with Crippen molar-refractivity contribution in [2.75, 3.05) is 0 Å². The molecule has 0 aliphatic carbocycles. The summed E-state index contributed by atoms with van der Waals surface area (Å²) < 4.78 is 6.83. The molecule has 0 heterocycles. The second-order valence-electron chi connectivity index (χ2n) is 4.62. The van der Waals surface area contributed by atoms with Gasteiger partial charge in [0.05, 0.1) is 5.02 Å². The highest BCUT2D eigenvalue weighted by molar-refractivity contribution is 9.10. The third-order valence-electron chi connectivity index (χ3n) is 3.22. The van der Waals surface area contributed by atoms with Gasteiger partial charge in [-0.05, 0) is 44.9 Å². The summed E-state index contributed by atoms with van der Waals surface area (Å²) in [5, 5.41) is 3.47. The Morgan fingerprint density at radius 1 is 0.952 bits per heavy atom. The van der Waals surface area contributed by atoms with Gasteiger partial charge in [-0.2, -0.15) is 0 Å². The van der Waals surface area contributed by atoms with Crippen LogP contribution in [0.3, 0.4) is 0 Å². The van der Waals surface area contributed by atoms with Crippen molar-refractivity contribution in [1.29, 1.82) is 0 Å². The lowest BCUT2D eigenvalue weighted by atomic mass is 10.1. The molecule has 106 valence electrons. The standard InChI is InChI=1S/C17H11BrCl2O/c18-17-12(6-5-11-3-1-2-4-14(11)17)10-21-16-8-7-13(19)9-15(16)20/h1-9H,10H2. The van der Waals surface area contributed by atoms with Gasteiger partial charge in [-0.15, -0.1) is 0 Å². The lowest BCUT2D eigenvalue weighted by Gasteiger charge is -2.11. The van der Waals surface area contributed by atoms with Gasteiger partial charge in [0.25, 0.3) is 0 Å². The number of benzene rings is 3. The van der Waals surface area contributed by atoms with Crippen LogP contribution in [0.15, 0.2) is 59.1 Å². The van der Waals surface area contributed by atoms with Crippen LogP contribution in [-0.2, 0) is 6.61 Å². The average Bonchev–Trinajstić information content (AvgIpc) is 2.48. The largest absolute Gasteiger partial charge is 0.487 e. The summed E-state index contributed by atoms with van der Waals surface area (Å²) in [6.45, 7) is 0.437. The van der Waals surface area contributed by atoms with Crippen molar-refractivity contribution in [3.05, 3.63) is 74.7 Å². The van der Waals surface area contributed by atoms with Gasteiger partial charge >= 0.3 is 0 Å². The summed E-state index contributed by atoms with van der Waals surface area (Å²) in [6.07, 6.45) is 0. The Hall–Kier alpha value is -1.22. The SMILES string of the molecule is Clc1ccc(OCc2ccc3ccccc3c2Br)c(Cl)c1. The molecule has 0 bridgehead atoms. The minimum Gasteiger partial charge on any atom is -0.487 e. The summed E-state index contributed by atoms with van der Waals surface area (Å²) in [5.74, 6) is 0.626. The maximum absolute atomic E-state index is 6.11. The quantitative estimate of drug-likeness (QED) is 0.503. The summed E-state index contributed by atoms with van der Waals surface area (Å²) in [4.78, 5) is 0. The highest BCUT2D eigenvalue weighted by Crippen LogP contribution is 2.31. The van der Waals surface area contributed by atoms with Crippen LogP contribution in [-0.4, -0.2) is 0 Å². The first-order chi connectivity index (χ1) is 10.1. The van der Waals surface area contributed by atoms with Gasteiger partial charge in [-0.1, -0.05) is 59.6 Å². The first kappa shape index (κ1) is 14.7. The van der Waals surface area contributed by atoms with E-state index < -0.39 is 0 Å². The molecule has 4 heteroatoms. The molecule has 3 rings (SSSR count). The number of rotatable bonds is 3. The van der Waals surface area contributed by atoms with Gasteiger partial charge < -0.3 is 4.74 Å². The molecule has 0 aliphatic rings. The van der Waals surface area contributed by atoms with Gasteiger partial charge in [0.15, 0.2) is 0 Å². The second kappa shape index (κ2) is 6.27. The minimum absolute atomic E-state index is 0.437. The Kier molecular flexibility index (Phi) is 4.39. The van der Waals surface area contributed by atoms with E-state index in [0.717, 1.165) is 10.0 Å². The molecule has 3 aromatic rings. The fourth-order valence-corrected chi connectivity index (χ4v) is 3.21. The first-order valence-electron chi connectivity index (χ1n) is 6.39. The van der Waals surface area contributed by atoms with Crippen LogP contribution in [0.2, 0.25) is 10.0 Å². The summed E-state index contributed by atoms with van der Waals surface area (Å²) in [6, 6.07) is 17.6. The molecule has 1 nitrogen and oxygen atoms in total. The van der Waals surface area contributed by atoms with Crippen molar-refractivity contribution in [2.45, 2.75) is 6.61 Å². The van der Waals surface area contributed by atoms with Crippen LogP contribution in [0, 0.1) is 0 Å². The number of halogens is 3. The Morgan fingerprint density at radius 3 is 2.57 bits per heavy atom. The van der Waals surface area contributed by atoms with Crippen LogP contribution in [0.4, 0.5) is 0 Å². The third-order valence-corrected chi connectivity index (χ3v) is 4.69. The first-order valence-corrected chi connectivity index (χ1v) is 7.94. The fourth-order valence-electron chi connectivity index (χ4n) is 2.14. The predicted octanol–water partition coefficient (Wildman–Crippen LogP) is 6.49. The molecule has 0 N–H and O–H groups in total. The van der Waals surface area contributed by atoms with Gasteiger partial charge in [-0.25, -0.2) is 0 Å². The molecule has 0 radical (unpaired) electrons. The smallest absolute Gasteiger partial charge is 0.138 e. The maximum Gasteiger partial charge on any atom is 0.138 e. The molecular formula is C17H11BrCl2O. The van der Waals surface area contributed by atoms with E-state index in [9.17, 15) is 0 Å². The van der Waals surface area contributed by atoms with Gasteiger partial charge in [0.2, 0.25) is 0 Å². The normalized spacial score (nSPS) is 10.8. The molecule has 0 unspecified atom stereocenters. The van der Waals surface area contributed by atoms with Gasteiger partial charge in [0, 0.05) is 15.1 Å². The van der Waals surface area contributed by atoms with E-state index in [4.69, 9.17) is 27.9 Å². The number of hydrogen-bond donors (Lipinski definition) is 0. The van der Waals surface area contributed by atoms with Crippen LogP contribution in [0.25, 0.3) is 10.8 Å². The van der Waals surface area contributed by atoms with E-state index in [1.807, 2.05) is 12.1 Å². The van der Waals surface area contributed by atoms with E-state index in [1.165, 1.54) is 10.8 Å². The third kappa shape index (κ3) is 3.18. The Balaban J connectivity index is 1.87. The second-order valence-corrected chi connectivity index (χ2v) is 6.26. The molecule has 0 saturated carbocycles. The van der Waals surface area contributed by atoms with Crippen LogP contribution in [0.1, 0.15) is 5.56 Å². The van der Waals surface area contributed by atoms with E-state index in [0.29, 0.717) is 22.4 Å². The molecular weight excluding hydrogens is 371 g/mol. The molecule has 0 fully saturated rings. The van der Waals surface area contributed by atoms with Crippen LogP contribution >= 0.6 is 39.1 Å². The summed E-state index contributed by atoms with van der Waals surface area (Å²) in [7, 11) is 0. The van der Waals surface area contributed by atoms with Gasteiger partial charge in [0.1, 0.15) is 12.4 Å². The highest BCUT2D eigenvalue weighted by Gasteiger charge is 2.07. The number of ether oxygens (including phenoxy) is 1. The van der Waals surface area contributed by atoms with Crippen molar-refractivity contribution in [3.8, 4) is 5.75 Å². The average molecular weight is 382 g/mol. The van der Waals surface area contributed by atoms with Crippen molar-refractivity contribution >= 4 is 49.9 Å². The Bertz CT molecular complexity index is 802. The Labute approximate surface area is 141 Å². The predicted molar refractivity (Wildman–Crippen MR) is 92.4 cm³/mol. The highest BCUT2D eigenvalue weighted by atomic mass is 79.9. The zero-order valence-electron chi connectivity index (χ0n) is 10.9. The van der Waals surface area contributed by atoms with E-state index >= 15 is 0 Å². The maximum atomic E-state index is 6.11. The molecule has 0 aromatic heterocycles. The van der Waals surface area contributed by atoms with Crippen molar-refractivity contribution in [1.82, 2.24) is 0 Å². The lowest BCUT2D eigenvalue weighted by Crippen LogP contribution is -1.97. The molecule has 0 saturated heterocycles.